The second-order valence-corrected chi connectivity index (χ2v) is 5.70. The van der Waals surface area contributed by atoms with E-state index < -0.39 is 0 Å². The Morgan fingerprint density at radius 3 is 2.95 bits per heavy atom. The van der Waals surface area contributed by atoms with Crippen LogP contribution in [-0.4, -0.2) is 22.8 Å². The molecule has 21 heavy (non-hydrogen) atoms. The normalized spacial score (nSPS) is 27.4. The molecule has 3 unspecified atom stereocenters. The van der Waals surface area contributed by atoms with E-state index in [4.69, 9.17) is 15.0 Å². The predicted molar refractivity (Wildman–Crippen MR) is 77.2 cm³/mol. The molecule has 0 saturated heterocycles. The number of nitrogens with zero attached hydrogens (tertiary/aromatic N) is 2. The van der Waals surface area contributed by atoms with E-state index in [2.05, 4.69) is 22.3 Å². The predicted octanol–water partition coefficient (Wildman–Crippen LogP) is 2.16. The fraction of sp³-hybridized carbons (Fsp3) is 0.375. The highest BCUT2D eigenvalue weighted by atomic mass is 16.5. The molecular weight excluding hydrogens is 266 g/mol. The molecule has 1 aromatic carbocycles. The Labute approximate surface area is 122 Å². The number of rotatable bonds is 2. The Bertz CT molecular complexity index is 680. The number of allylic oxidation sites excluding steroid dienone is 1. The second-order valence-electron chi connectivity index (χ2n) is 5.70. The SMILES string of the molecule is NC1C=CC(c2nc(C3COc4ccccc4C3)no2)C1. The van der Waals surface area contributed by atoms with Gasteiger partial charge in [0.2, 0.25) is 5.89 Å². The van der Waals surface area contributed by atoms with E-state index in [1.54, 1.807) is 0 Å². The van der Waals surface area contributed by atoms with Crippen molar-refractivity contribution in [1.29, 1.82) is 0 Å². The molecule has 2 heterocycles. The molecule has 2 N–H and O–H groups in total. The summed E-state index contributed by atoms with van der Waals surface area (Å²) in [5.74, 6) is 2.65. The van der Waals surface area contributed by atoms with E-state index in [0.29, 0.717) is 12.5 Å². The molecule has 0 fully saturated rings. The minimum Gasteiger partial charge on any atom is -0.493 e. The van der Waals surface area contributed by atoms with Crippen molar-refractivity contribution < 1.29 is 9.26 Å². The zero-order chi connectivity index (χ0) is 14.2. The van der Waals surface area contributed by atoms with Crippen LogP contribution in [0.5, 0.6) is 5.75 Å². The summed E-state index contributed by atoms with van der Waals surface area (Å²) in [6.45, 7) is 0.593. The molecule has 0 bridgehead atoms. The minimum absolute atomic E-state index is 0.0928. The van der Waals surface area contributed by atoms with Crippen molar-refractivity contribution in [3.05, 3.63) is 53.7 Å². The van der Waals surface area contributed by atoms with Crippen LogP contribution in [0.2, 0.25) is 0 Å². The van der Waals surface area contributed by atoms with Crippen LogP contribution in [0, 0.1) is 0 Å². The van der Waals surface area contributed by atoms with Crippen LogP contribution in [0.1, 0.15) is 35.5 Å². The lowest BCUT2D eigenvalue weighted by Crippen LogP contribution is -2.20. The Hall–Kier alpha value is -2.14. The summed E-state index contributed by atoms with van der Waals surface area (Å²) in [5, 5.41) is 4.14. The van der Waals surface area contributed by atoms with Gasteiger partial charge in [0.05, 0.1) is 18.4 Å². The number of ether oxygens (including phenoxy) is 1. The maximum atomic E-state index is 5.87. The van der Waals surface area contributed by atoms with Crippen LogP contribution in [0.4, 0.5) is 0 Å². The molecule has 1 aliphatic heterocycles. The number of fused-ring (bicyclic) bond motifs is 1. The van der Waals surface area contributed by atoms with Gasteiger partial charge in [-0.25, -0.2) is 0 Å². The van der Waals surface area contributed by atoms with Gasteiger partial charge < -0.3 is 15.0 Å². The van der Waals surface area contributed by atoms with E-state index in [0.717, 1.165) is 24.4 Å². The monoisotopic (exact) mass is 283 g/mol. The van der Waals surface area contributed by atoms with Gasteiger partial charge in [-0.1, -0.05) is 35.5 Å². The molecule has 2 aliphatic rings. The average molecular weight is 283 g/mol. The summed E-state index contributed by atoms with van der Waals surface area (Å²) in [5.41, 5.74) is 7.07. The number of aromatic nitrogens is 2. The van der Waals surface area contributed by atoms with Crippen LogP contribution in [-0.2, 0) is 6.42 Å². The summed E-state index contributed by atoms with van der Waals surface area (Å²) in [4.78, 5) is 4.56. The maximum absolute atomic E-state index is 5.87. The number of nitrogens with two attached hydrogens (primary N) is 1. The van der Waals surface area contributed by atoms with Gasteiger partial charge in [0.1, 0.15) is 5.75 Å². The zero-order valence-corrected chi connectivity index (χ0v) is 11.6. The molecule has 5 heteroatoms. The Morgan fingerprint density at radius 2 is 2.10 bits per heavy atom. The molecule has 1 aliphatic carbocycles. The minimum atomic E-state index is 0.0928. The quantitative estimate of drug-likeness (QED) is 0.855. The molecule has 4 rings (SSSR count). The molecule has 3 atom stereocenters. The van der Waals surface area contributed by atoms with Crippen LogP contribution < -0.4 is 10.5 Å². The van der Waals surface area contributed by atoms with Gasteiger partial charge >= 0.3 is 0 Å². The van der Waals surface area contributed by atoms with E-state index in [9.17, 15) is 0 Å². The van der Waals surface area contributed by atoms with Crippen molar-refractivity contribution in [2.45, 2.75) is 30.7 Å². The first-order chi connectivity index (χ1) is 10.3. The van der Waals surface area contributed by atoms with E-state index in [1.165, 1.54) is 5.56 Å². The van der Waals surface area contributed by atoms with Gasteiger partial charge in [-0.3, -0.25) is 0 Å². The van der Waals surface area contributed by atoms with Crippen molar-refractivity contribution in [2.24, 2.45) is 5.73 Å². The van der Waals surface area contributed by atoms with Gasteiger partial charge in [0.25, 0.3) is 0 Å². The Kier molecular flexibility index (Phi) is 3.00. The first-order valence-electron chi connectivity index (χ1n) is 7.27. The van der Waals surface area contributed by atoms with Crippen LogP contribution in [0.25, 0.3) is 0 Å². The molecule has 0 spiro atoms. The van der Waals surface area contributed by atoms with E-state index in [1.807, 2.05) is 24.3 Å². The summed E-state index contributed by atoms with van der Waals surface area (Å²) >= 11 is 0. The Balaban J connectivity index is 1.53. The summed E-state index contributed by atoms with van der Waals surface area (Å²) in [6, 6.07) is 8.19. The molecule has 0 radical (unpaired) electrons. The highest BCUT2D eigenvalue weighted by Crippen LogP contribution is 2.32. The number of benzene rings is 1. The number of hydrogen-bond acceptors (Lipinski definition) is 5. The van der Waals surface area contributed by atoms with Gasteiger partial charge in [-0.05, 0) is 24.5 Å². The maximum Gasteiger partial charge on any atom is 0.233 e. The highest BCUT2D eigenvalue weighted by Gasteiger charge is 2.28. The molecule has 5 nitrogen and oxygen atoms in total. The first-order valence-corrected chi connectivity index (χ1v) is 7.27. The van der Waals surface area contributed by atoms with Crippen molar-refractivity contribution >= 4 is 0 Å². The van der Waals surface area contributed by atoms with Crippen molar-refractivity contribution in [3.63, 3.8) is 0 Å². The molecule has 0 amide bonds. The van der Waals surface area contributed by atoms with Gasteiger partial charge in [0, 0.05) is 6.04 Å². The summed E-state index contributed by atoms with van der Waals surface area (Å²) < 4.78 is 11.2. The van der Waals surface area contributed by atoms with E-state index >= 15 is 0 Å². The first kappa shape index (κ1) is 12.6. The molecule has 2 aromatic rings. The standard InChI is InChI=1S/C16H17N3O2/c17-13-6-5-11(8-13)16-18-15(19-21-16)12-7-10-3-1-2-4-14(10)20-9-12/h1-6,11-13H,7-9,17H2. The van der Waals surface area contributed by atoms with Gasteiger partial charge in [0.15, 0.2) is 5.82 Å². The fourth-order valence-electron chi connectivity index (χ4n) is 2.97. The topological polar surface area (TPSA) is 74.2 Å². The van der Waals surface area contributed by atoms with Crippen molar-refractivity contribution in [1.82, 2.24) is 10.1 Å². The third-order valence-corrected chi connectivity index (χ3v) is 4.14. The summed E-state index contributed by atoms with van der Waals surface area (Å²) in [6.07, 6.45) is 5.77. The lowest BCUT2D eigenvalue weighted by Gasteiger charge is -2.22. The van der Waals surface area contributed by atoms with Crippen molar-refractivity contribution in [3.8, 4) is 5.75 Å². The van der Waals surface area contributed by atoms with E-state index in [-0.39, 0.29) is 17.9 Å². The summed E-state index contributed by atoms with van der Waals surface area (Å²) in [7, 11) is 0. The average Bonchev–Trinajstić information content (AvgIpc) is 3.15. The second kappa shape index (κ2) is 5.00. The third kappa shape index (κ3) is 2.34. The molecule has 1 aromatic heterocycles. The molecular formula is C16H17N3O2. The third-order valence-electron chi connectivity index (χ3n) is 4.14. The van der Waals surface area contributed by atoms with Crippen molar-refractivity contribution in [2.75, 3.05) is 6.61 Å². The van der Waals surface area contributed by atoms with Crippen LogP contribution >= 0.6 is 0 Å². The van der Waals surface area contributed by atoms with Gasteiger partial charge in [-0.15, -0.1) is 0 Å². The lowest BCUT2D eigenvalue weighted by molar-refractivity contribution is 0.253. The zero-order valence-electron chi connectivity index (χ0n) is 11.6. The number of para-hydroxylation sites is 1. The molecule has 108 valence electrons. The Morgan fingerprint density at radius 1 is 1.19 bits per heavy atom. The highest BCUT2D eigenvalue weighted by molar-refractivity contribution is 5.36. The number of hydrogen-bond donors (Lipinski definition) is 1. The fourth-order valence-corrected chi connectivity index (χ4v) is 2.97. The van der Waals surface area contributed by atoms with Crippen LogP contribution in [0.15, 0.2) is 40.9 Å². The molecule has 0 saturated carbocycles. The smallest absolute Gasteiger partial charge is 0.233 e. The lowest BCUT2D eigenvalue weighted by atomic mass is 9.96. The largest absolute Gasteiger partial charge is 0.493 e. The van der Waals surface area contributed by atoms with Crippen LogP contribution in [0.3, 0.4) is 0 Å². The van der Waals surface area contributed by atoms with Gasteiger partial charge in [-0.2, -0.15) is 4.98 Å².